The maximum absolute atomic E-state index is 14.9. The third-order valence-corrected chi connectivity index (χ3v) is 11.6. The molecule has 1 amide bonds. The van der Waals surface area contributed by atoms with Crippen molar-refractivity contribution in [2.24, 2.45) is 0 Å². The van der Waals surface area contributed by atoms with Crippen molar-refractivity contribution >= 4 is 31.7 Å². The summed E-state index contributed by atoms with van der Waals surface area (Å²) in [5, 5.41) is 4.45. The fourth-order valence-electron chi connectivity index (χ4n) is 5.71. The van der Waals surface area contributed by atoms with E-state index in [0.717, 1.165) is 18.2 Å². The van der Waals surface area contributed by atoms with Crippen LogP contribution in [0.1, 0.15) is 65.5 Å². The molecule has 11 nitrogen and oxygen atoms in total. The minimum Gasteiger partial charge on any atom is -0.345 e. The number of halogens is 4. The Morgan fingerprint density at radius 2 is 1.50 bits per heavy atom. The van der Waals surface area contributed by atoms with Crippen molar-refractivity contribution in [3.63, 3.8) is 0 Å². The molecule has 1 aliphatic heterocycles. The second-order valence-corrected chi connectivity index (χ2v) is 17.9. The van der Waals surface area contributed by atoms with Crippen LogP contribution >= 0.6 is 0 Å². The van der Waals surface area contributed by atoms with Gasteiger partial charge >= 0.3 is 6.18 Å². The second-order valence-electron chi connectivity index (χ2n) is 14.3. The first-order valence-corrected chi connectivity index (χ1v) is 19.4. The van der Waals surface area contributed by atoms with Crippen molar-refractivity contribution in [2.45, 2.75) is 99.3 Å². The van der Waals surface area contributed by atoms with Gasteiger partial charge < -0.3 is 5.32 Å². The number of Topliss-reactive ketones (excluding diaryl/α,β-unsaturated/α-hetero) is 1. The van der Waals surface area contributed by atoms with Crippen LogP contribution in [0.15, 0.2) is 82.8 Å². The van der Waals surface area contributed by atoms with Gasteiger partial charge in [0.2, 0.25) is 15.9 Å². The van der Waals surface area contributed by atoms with Crippen LogP contribution in [0.2, 0.25) is 0 Å². The molecule has 2 heterocycles. The van der Waals surface area contributed by atoms with Gasteiger partial charge in [0.25, 0.3) is 10.0 Å². The number of carbonyl (C=O) groups excluding carboxylic acids is 2. The molecule has 1 fully saturated rings. The maximum atomic E-state index is 14.9. The predicted molar refractivity (Wildman–Crippen MR) is 187 cm³/mol. The summed E-state index contributed by atoms with van der Waals surface area (Å²) in [5.74, 6) is -1.73. The van der Waals surface area contributed by atoms with Crippen LogP contribution in [0.25, 0.3) is 11.1 Å². The monoisotopic (exact) mass is 769 g/mol. The molecule has 52 heavy (non-hydrogen) atoms. The molecule has 1 saturated heterocycles. The second kappa shape index (κ2) is 15.7. The third-order valence-electron chi connectivity index (χ3n) is 8.06. The van der Waals surface area contributed by atoms with Crippen molar-refractivity contribution < 1.29 is 44.0 Å². The summed E-state index contributed by atoms with van der Waals surface area (Å²) in [6.45, 7) is 6.66. The summed E-state index contributed by atoms with van der Waals surface area (Å²) in [6, 6.07) is 9.95. The molecule has 0 saturated carbocycles. The lowest BCUT2D eigenvalue weighted by Crippen LogP contribution is -2.54. The molecule has 1 unspecified atom stereocenters. The molecule has 0 bridgehead atoms. The smallest absolute Gasteiger partial charge is 0.345 e. The molecule has 1 aromatic heterocycles. The lowest BCUT2D eigenvalue weighted by atomic mass is 9.96. The average molecular weight is 770 g/mol. The van der Waals surface area contributed by atoms with Crippen LogP contribution in [0, 0.1) is 0 Å². The average Bonchev–Trinajstić information content (AvgIpc) is 3.22. The standard InChI is InChI=1S/C35H43F4N5O6S2/c1-33(2,3)43-51(47,48)26-17-15-24(16-18-26)23-11-13-25(14-12-23)31(35(37,38)39)41-28(21-34(4,5)36)32(46)42-27-9-8-20-44(22-29(27)45)52(49,50)30-10-6-7-19-40-30/h6-7,10-19,27-28,31,41,43H,8-9,20-22H2,1-5H3,(H,42,46)/t27?,28-,31-/m0/s1. The zero-order valence-corrected chi connectivity index (χ0v) is 31.0. The van der Waals surface area contributed by atoms with E-state index in [9.17, 15) is 44.0 Å². The Balaban J connectivity index is 1.52. The number of nitrogens with one attached hydrogen (secondary N) is 3. The van der Waals surface area contributed by atoms with E-state index in [4.69, 9.17) is 0 Å². The number of carbonyl (C=O) groups is 2. The number of nitrogens with zero attached hydrogens (tertiary/aromatic N) is 2. The van der Waals surface area contributed by atoms with Gasteiger partial charge in [0.05, 0.1) is 23.5 Å². The van der Waals surface area contributed by atoms with Gasteiger partial charge in [0.15, 0.2) is 10.8 Å². The first-order valence-electron chi connectivity index (χ1n) is 16.5. The van der Waals surface area contributed by atoms with Crippen molar-refractivity contribution in [2.75, 3.05) is 13.1 Å². The lowest BCUT2D eigenvalue weighted by Gasteiger charge is -2.31. The van der Waals surface area contributed by atoms with Crippen LogP contribution in [0.5, 0.6) is 0 Å². The van der Waals surface area contributed by atoms with Gasteiger partial charge in [-0.2, -0.15) is 17.5 Å². The zero-order chi connectivity index (χ0) is 38.7. The number of alkyl halides is 4. The minimum atomic E-state index is -4.94. The summed E-state index contributed by atoms with van der Waals surface area (Å²) in [5.41, 5.74) is -2.06. The van der Waals surface area contributed by atoms with Crippen LogP contribution in [-0.2, 0) is 29.6 Å². The molecular formula is C35H43F4N5O6S2. The topological polar surface area (TPSA) is 155 Å². The number of sulfonamides is 2. The highest BCUT2D eigenvalue weighted by Gasteiger charge is 2.44. The van der Waals surface area contributed by atoms with Crippen LogP contribution < -0.4 is 15.4 Å². The predicted octanol–water partition coefficient (Wildman–Crippen LogP) is 5.06. The normalized spacial score (nSPS) is 18.0. The summed E-state index contributed by atoms with van der Waals surface area (Å²) in [6.07, 6.45) is -4.16. The molecular weight excluding hydrogens is 727 g/mol. The Kier molecular flexibility index (Phi) is 12.4. The van der Waals surface area contributed by atoms with E-state index < -0.39 is 80.2 Å². The van der Waals surface area contributed by atoms with E-state index in [2.05, 4.69) is 20.3 Å². The Morgan fingerprint density at radius 1 is 0.904 bits per heavy atom. The maximum Gasteiger partial charge on any atom is 0.407 e. The largest absolute Gasteiger partial charge is 0.407 e. The van der Waals surface area contributed by atoms with Crippen molar-refractivity contribution in [3.8, 4) is 11.1 Å². The Labute approximate surface area is 301 Å². The Morgan fingerprint density at radius 3 is 2.02 bits per heavy atom. The molecule has 3 aromatic rings. The summed E-state index contributed by atoms with van der Waals surface area (Å²) in [7, 11) is -7.94. The summed E-state index contributed by atoms with van der Waals surface area (Å²) >= 11 is 0. The summed E-state index contributed by atoms with van der Waals surface area (Å²) in [4.78, 5) is 30.5. The van der Waals surface area contributed by atoms with E-state index in [1.54, 1.807) is 20.8 Å². The number of aromatic nitrogens is 1. The molecule has 4 rings (SSSR count). The van der Waals surface area contributed by atoms with Gasteiger partial charge in [0.1, 0.15) is 11.7 Å². The number of hydrogen-bond donors (Lipinski definition) is 3. The van der Waals surface area contributed by atoms with Crippen LogP contribution in [-0.4, -0.2) is 80.4 Å². The van der Waals surface area contributed by atoms with Crippen molar-refractivity contribution in [3.05, 3.63) is 78.5 Å². The lowest BCUT2D eigenvalue weighted by molar-refractivity contribution is -0.161. The molecule has 3 N–H and O–H groups in total. The van der Waals surface area contributed by atoms with E-state index in [0.29, 0.717) is 11.1 Å². The van der Waals surface area contributed by atoms with Crippen molar-refractivity contribution in [1.29, 1.82) is 0 Å². The highest BCUT2D eigenvalue weighted by Crippen LogP contribution is 2.35. The first kappa shape index (κ1) is 41.0. The van der Waals surface area contributed by atoms with E-state index in [-0.39, 0.29) is 34.9 Å². The van der Waals surface area contributed by atoms with E-state index in [1.807, 2.05) is 0 Å². The van der Waals surface area contributed by atoms with Crippen molar-refractivity contribution in [1.82, 2.24) is 24.6 Å². The fraction of sp³-hybridized carbons (Fsp3) is 0.457. The molecule has 0 spiro atoms. The quantitative estimate of drug-likeness (QED) is 0.216. The number of ketones is 1. The molecule has 1 aliphatic rings. The molecule has 284 valence electrons. The van der Waals surface area contributed by atoms with E-state index in [1.165, 1.54) is 72.9 Å². The molecule has 2 aromatic carbocycles. The number of benzene rings is 2. The third kappa shape index (κ3) is 10.9. The number of rotatable bonds is 12. The van der Waals surface area contributed by atoms with Gasteiger partial charge in [-0.05, 0) is 88.4 Å². The zero-order valence-electron chi connectivity index (χ0n) is 29.4. The Bertz CT molecular complexity index is 1930. The number of amides is 1. The van der Waals surface area contributed by atoms with Gasteiger partial charge in [-0.25, -0.2) is 30.9 Å². The molecule has 3 atom stereocenters. The van der Waals surface area contributed by atoms with Gasteiger partial charge in [-0.1, -0.05) is 42.5 Å². The van der Waals surface area contributed by atoms with Gasteiger partial charge in [0, 0.05) is 24.7 Å². The van der Waals surface area contributed by atoms with Crippen LogP contribution in [0.4, 0.5) is 17.6 Å². The van der Waals surface area contributed by atoms with E-state index >= 15 is 0 Å². The minimum absolute atomic E-state index is 0.00865. The van der Waals surface area contributed by atoms with Gasteiger partial charge in [-0.15, -0.1) is 0 Å². The summed E-state index contributed by atoms with van der Waals surface area (Å²) < 4.78 is 114. The van der Waals surface area contributed by atoms with Crippen LogP contribution in [0.3, 0.4) is 0 Å². The Hall–Kier alpha value is -3.77. The first-order chi connectivity index (χ1) is 24.0. The molecule has 0 aliphatic carbocycles. The highest BCUT2D eigenvalue weighted by molar-refractivity contribution is 7.89. The SMILES string of the molecule is CC(C)(F)C[C@H](N[C@@H](c1ccc(-c2ccc(S(=O)(=O)NC(C)(C)C)cc2)cc1)C(F)(F)F)C(=O)NC1CCCN(S(=O)(=O)c2ccccn2)CC1=O. The number of hydrogen-bond acceptors (Lipinski definition) is 8. The number of pyridine rings is 1. The van der Waals surface area contributed by atoms with Gasteiger partial charge in [-0.3, -0.25) is 14.9 Å². The molecule has 0 radical (unpaired) electrons. The highest BCUT2D eigenvalue weighted by atomic mass is 32.2. The fourth-order valence-corrected chi connectivity index (χ4v) is 8.50. The molecule has 17 heteroatoms.